The van der Waals surface area contributed by atoms with E-state index in [0.717, 1.165) is 32.1 Å². The highest BCUT2D eigenvalue weighted by molar-refractivity contribution is 5.82. The summed E-state index contributed by atoms with van der Waals surface area (Å²) in [5.74, 6) is 1.55. The van der Waals surface area contributed by atoms with Gasteiger partial charge in [-0.25, -0.2) is 0 Å². The lowest BCUT2D eigenvalue weighted by Gasteiger charge is -2.38. The summed E-state index contributed by atoms with van der Waals surface area (Å²) in [6.07, 6.45) is 8.83. The van der Waals surface area contributed by atoms with E-state index >= 15 is 0 Å². The SMILES string of the molecule is CC1CCCC2CC(C(=O)NC3CCC(C)(NC(=O)CCN)CC3)NC12. The van der Waals surface area contributed by atoms with E-state index in [1.54, 1.807) is 0 Å². The van der Waals surface area contributed by atoms with E-state index in [1.165, 1.54) is 19.3 Å². The van der Waals surface area contributed by atoms with Crippen molar-refractivity contribution in [2.45, 2.75) is 95.3 Å². The molecule has 3 aliphatic rings. The van der Waals surface area contributed by atoms with Crippen molar-refractivity contribution >= 4 is 11.8 Å². The fraction of sp³-hybridized carbons (Fsp3) is 0.900. The summed E-state index contributed by atoms with van der Waals surface area (Å²) in [6, 6.07) is 0.721. The van der Waals surface area contributed by atoms with Crippen molar-refractivity contribution in [1.82, 2.24) is 16.0 Å². The molecule has 1 heterocycles. The van der Waals surface area contributed by atoms with Crippen LogP contribution in [0.2, 0.25) is 0 Å². The third-order valence-electron chi connectivity index (χ3n) is 6.85. The zero-order valence-electron chi connectivity index (χ0n) is 16.4. The van der Waals surface area contributed by atoms with E-state index in [1.807, 2.05) is 0 Å². The lowest BCUT2D eigenvalue weighted by atomic mass is 9.78. The molecule has 6 nitrogen and oxygen atoms in total. The van der Waals surface area contributed by atoms with Gasteiger partial charge in [0.05, 0.1) is 6.04 Å². The summed E-state index contributed by atoms with van der Waals surface area (Å²) >= 11 is 0. The monoisotopic (exact) mass is 364 g/mol. The first-order valence-electron chi connectivity index (χ1n) is 10.5. The van der Waals surface area contributed by atoms with Crippen molar-refractivity contribution in [3.8, 4) is 0 Å². The topological polar surface area (TPSA) is 96.2 Å². The molecule has 0 bridgehead atoms. The van der Waals surface area contributed by atoms with E-state index in [9.17, 15) is 9.59 Å². The van der Waals surface area contributed by atoms with Crippen molar-refractivity contribution < 1.29 is 9.59 Å². The number of nitrogens with two attached hydrogens (primary N) is 1. The average molecular weight is 365 g/mol. The van der Waals surface area contributed by atoms with Crippen molar-refractivity contribution in [2.75, 3.05) is 6.54 Å². The van der Waals surface area contributed by atoms with E-state index < -0.39 is 0 Å². The van der Waals surface area contributed by atoms with Gasteiger partial charge in [0.15, 0.2) is 0 Å². The Kier molecular flexibility index (Phi) is 6.23. The Hall–Kier alpha value is -1.14. The van der Waals surface area contributed by atoms with Crippen LogP contribution in [0.4, 0.5) is 0 Å². The molecule has 2 amide bonds. The first-order chi connectivity index (χ1) is 12.4. The first kappa shape index (κ1) is 19.6. The average Bonchev–Trinajstić information content (AvgIpc) is 3.03. The first-order valence-corrected chi connectivity index (χ1v) is 10.5. The predicted molar refractivity (Wildman–Crippen MR) is 102 cm³/mol. The highest BCUT2D eigenvalue weighted by Crippen LogP contribution is 2.37. The lowest BCUT2D eigenvalue weighted by molar-refractivity contribution is -0.125. The van der Waals surface area contributed by atoms with Crippen LogP contribution in [0.25, 0.3) is 0 Å². The molecule has 0 radical (unpaired) electrons. The molecule has 0 aromatic rings. The van der Waals surface area contributed by atoms with Crippen LogP contribution in [0.3, 0.4) is 0 Å². The van der Waals surface area contributed by atoms with Crippen LogP contribution in [0.15, 0.2) is 0 Å². The van der Waals surface area contributed by atoms with Gasteiger partial charge in [-0.15, -0.1) is 0 Å². The van der Waals surface area contributed by atoms with Gasteiger partial charge in [0.25, 0.3) is 0 Å². The number of carbonyl (C=O) groups excluding carboxylic acids is 2. The molecule has 26 heavy (non-hydrogen) atoms. The maximum absolute atomic E-state index is 12.7. The number of hydrogen-bond acceptors (Lipinski definition) is 4. The van der Waals surface area contributed by atoms with Crippen LogP contribution in [0.5, 0.6) is 0 Å². The Bertz CT molecular complexity index is 516. The van der Waals surface area contributed by atoms with Crippen LogP contribution in [-0.2, 0) is 9.59 Å². The lowest BCUT2D eigenvalue weighted by Crippen LogP contribution is -2.53. The molecule has 2 saturated carbocycles. The van der Waals surface area contributed by atoms with Crippen LogP contribution in [-0.4, -0.2) is 42.0 Å². The Morgan fingerprint density at radius 3 is 2.58 bits per heavy atom. The second-order valence-electron chi connectivity index (χ2n) is 9.08. The van der Waals surface area contributed by atoms with Gasteiger partial charge in [-0.05, 0) is 63.7 Å². The van der Waals surface area contributed by atoms with Crippen LogP contribution >= 0.6 is 0 Å². The van der Waals surface area contributed by atoms with Gasteiger partial charge in [0.2, 0.25) is 11.8 Å². The summed E-state index contributed by atoms with van der Waals surface area (Å²) in [7, 11) is 0. The summed E-state index contributed by atoms with van der Waals surface area (Å²) in [6.45, 7) is 4.80. The fourth-order valence-electron chi connectivity index (χ4n) is 5.23. The van der Waals surface area contributed by atoms with Crippen molar-refractivity contribution in [2.24, 2.45) is 17.6 Å². The smallest absolute Gasteiger partial charge is 0.237 e. The normalized spacial score (nSPS) is 39.9. The molecule has 4 unspecified atom stereocenters. The second-order valence-corrected chi connectivity index (χ2v) is 9.08. The minimum absolute atomic E-state index is 0.0249. The van der Waals surface area contributed by atoms with Crippen molar-refractivity contribution in [3.63, 3.8) is 0 Å². The number of nitrogens with one attached hydrogen (secondary N) is 3. The largest absolute Gasteiger partial charge is 0.352 e. The summed E-state index contributed by atoms with van der Waals surface area (Å²) in [4.78, 5) is 24.6. The third kappa shape index (κ3) is 4.58. The molecular weight excluding hydrogens is 328 g/mol. The molecule has 4 atom stereocenters. The minimum Gasteiger partial charge on any atom is -0.352 e. The number of carbonyl (C=O) groups is 2. The summed E-state index contributed by atoms with van der Waals surface area (Å²) < 4.78 is 0. The molecule has 1 aliphatic heterocycles. The number of fused-ring (bicyclic) bond motifs is 1. The standard InChI is InChI=1S/C20H36N4O2/c1-13-4-3-5-14-12-16(23-18(13)14)19(26)22-15-6-9-20(2,10-7-15)24-17(25)8-11-21/h13-16,18,23H,3-12,21H2,1-2H3,(H,22,26)(H,24,25). The fourth-order valence-corrected chi connectivity index (χ4v) is 5.23. The molecule has 5 N–H and O–H groups in total. The summed E-state index contributed by atoms with van der Waals surface area (Å²) in [5, 5.41) is 9.99. The highest BCUT2D eigenvalue weighted by atomic mass is 16.2. The molecule has 2 aliphatic carbocycles. The van der Waals surface area contributed by atoms with E-state index in [4.69, 9.17) is 5.73 Å². The molecule has 3 fully saturated rings. The van der Waals surface area contributed by atoms with Gasteiger partial charge in [-0.3, -0.25) is 9.59 Å². The minimum atomic E-state index is -0.163. The van der Waals surface area contributed by atoms with E-state index in [0.29, 0.717) is 30.8 Å². The predicted octanol–water partition coefficient (Wildman–Crippen LogP) is 1.44. The maximum atomic E-state index is 12.7. The van der Waals surface area contributed by atoms with Gasteiger partial charge in [-0.1, -0.05) is 13.3 Å². The van der Waals surface area contributed by atoms with Crippen molar-refractivity contribution in [1.29, 1.82) is 0 Å². The second kappa shape index (κ2) is 8.26. The van der Waals surface area contributed by atoms with Gasteiger partial charge < -0.3 is 21.7 Å². The Morgan fingerprint density at radius 1 is 1.19 bits per heavy atom. The Balaban J connectivity index is 1.44. The Labute approximate surface area is 157 Å². The molecule has 0 spiro atoms. The van der Waals surface area contributed by atoms with Gasteiger partial charge in [0.1, 0.15) is 0 Å². The van der Waals surface area contributed by atoms with E-state index in [2.05, 4.69) is 29.8 Å². The zero-order chi connectivity index (χ0) is 18.7. The zero-order valence-corrected chi connectivity index (χ0v) is 16.4. The van der Waals surface area contributed by atoms with Gasteiger partial charge in [0, 0.05) is 30.6 Å². The molecule has 1 saturated heterocycles. The molecule has 3 rings (SSSR count). The van der Waals surface area contributed by atoms with Crippen LogP contribution in [0, 0.1) is 11.8 Å². The highest BCUT2D eigenvalue weighted by Gasteiger charge is 2.42. The van der Waals surface area contributed by atoms with Gasteiger partial charge in [-0.2, -0.15) is 0 Å². The van der Waals surface area contributed by atoms with Crippen molar-refractivity contribution in [3.05, 3.63) is 0 Å². The number of hydrogen-bond donors (Lipinski definition) is 4. The summed E-state index contributed by atoms with van der Waals surface area (Å²) in [5.41, 5.74) is 5.29. The van der Waals surface area contributed by atoms with Crippen LogP contribution < -0.4 is 21.7 Å². The quantitative estimate of drug-likeness (QED) is 0.593. The Morgan fingerprint density at radius 2 is 1.92 bits per heavy atom. The molecule has 6 heteroatoms. The van der Waals surface area contributed by atoms with E-state index in [-0.39, 0.29) is 29.4 Å². The number of rotatable bonds is 5. The molecule has 0 aromatic heterocycles. The molecular formula is C20H36N4O2. The third-order valence-corrected chi connectivity index (χ3v) is 6.85. The molecule has 0 aromatic carbocycles. The van der Waals surface area contributed by atoms with Gasteiger partial charge >= 0.3 is 0 Å². The number of amides is 2. The molecule has 148 valence electrons. The maximum Gasteiger partial charge on any atom is 0.237 e. The van der Waals surface area contributed by atoms with Crippen LogP contribution in [0.1, 0.15) is 71.6 Å².